The second kappa shape index (κ2) is 7.60. The van der Waals surface area contributed by atoms with Crippen molar-refractivity contribution in [1.29, 1.82) is 0 Å². The summed E-state index contributed by atoms with van der Waals surface area (Å²) < 4.78 is 10.8. The first-order valence-corrected chi connectivity index (χ1v) is 9.45. The third-order valence-corrected chi connectivity index (χ3v) is 5.31. The molecular formula is C23H23NO4. The fraction of sp³-hybridized carbons (Fsp3) is 0.304. The van der Waals surface area contributed by atoms with Gasteiger partial charge in [-0.25, -0.2) is 4.79 Å². The van der Waals surface area contributed by atoms with Crippen molar-refractivity contribution in [1.82, 2.24) is 4.90 Å². The number of methoxy groups -OCH3 is 1. The first kappa shape index (κ1) is 18.4. The predicted octanol–water partition coefficient (Wildman–Crippen LogP) is 3.14. The first-order valence-electron chi connectivity index (χ1n) is 9.45. The molecule has 0 bridgehead atoms. The maximum Gasteiger partial charge on any atom is 0.330 e. The molecular weight excluding hydrogens is 354 g/mol. The van der Waals surface area contributed by atoms with E-state index < -0.39 is 11.6 Å². The summed E-state index contributed by atoms with van der Waals surface area (Å²) in [5.41, 5.74) is 2.28. The fourth-order valence-corrected chi connectivity index (χ4v) is 3.88. The number of carbonyl (C=O) groups excluding carboxylic acids is 2. The van der Waals surface area contributed by atoms with E-state index in [0.717, 1.165) is 31.6 Å². The molecule has 1 saturated heterocycles. The molecule has 0 aromatic heterocycles. The second-order valence-electron chi connectivity index (χ2n) is 7.44. The molecule has 2 aliphatic rings. The molecule has 0 N–H and O–H groups in total. The zero-order valence-corrected chi connectivity index (χ0v) is 15.9. The lowest BCUT2D eigenvalue weighted by molar-refractivity contribution is -0.134. The van der Waals surface area contributed by atoms with Gasteiger partial charge in [-0.15, -0.1) is 0 Å². The summed E-state index contributed by atoms with van der Waals surface area (Å²) in [5.74, 6) is 0.302. The van der Waals surface area contributed by atoms with Gasteiger partial charge in [0.1, 0.15) is 11.4 Å². The summed E-state index contributed by atoms with van der Waals surface area (Å²) >= 11 is 0. The van der Waals surface area contributed by atoms with Crippen molar-refractivity contribution >= 4 is 17.8 Å². The second-order valence-corrected chi connectivity index (χ2v) is 7.44. The summed E-state index contributed by atoms with van der Waals surface area (Å²) in [5, 5.41) is 0. The van der Waals surface area contributed by atoms with Gasteiger partial charge in [-0.05, 0) is 35.8 Å². The summed E-state index contributed by atoms with van der Waals surface area (Å²) in [6, 6.07) is 15.8. The maximum atomic E-state index is 12.7. The van der Waals surface area contributed by atoms with E-state index in [1.165, 1.54) is 18.7 Å². The van der Waals surface area contributed by atoms with Crippen LogP contribution in [-0.4, -0.2) is 49.0 Å². The van der Waals surface area contributed by atoms with E-state index >= 15 is 0 Å². The highest BCUT2D eigenvalue weighted by Gasteiger charge is 2.49. The molecule has 28 heavy (non-hydrogen) atoms. The number of fused-ring (bicyclic) bond motifs is 1. The molecule has 0 amide bonds. The smallest absolute Gasteiger partial charge is 0.330 e. The van der Waals surface area contributed by atoms with Crippen LogP contribution in [0.5, 0.6) is 5.75 Å². The van der Waals surface area contributed by atoms with Gasteiger partial charge in [0.2, 0.25) is 0 Å². The van der Waals surface area contributed by atoms with Crippen LogP contribution in [0.15, 0.2) is 54.6 Å². The lowest BCUT2D eigenvalue weighted by Crippen LogP contribution is -2.67. The molecule has 1 fully saturated rings. The van der Waals surface area contributed by atoms with Crippen LogP contribution in [0.4, 0.5) is 0 Å². The van der Waals surface area contributed by atoms with Gasteiger partial charge in [-0.3, -0.25) is 9.69 Å². The Balaban J connectivity index is 1.38. The minimum atomic E-state index is -0.427. The number of nitrogens with zero attached hydrogens (tertiary/aromatic N) is 1. The van der Waals surface area contributed by atoms with Crippen molar-refractivity contribution in [2.75, 3.05) is 26.7 Å². The number of carbonyl (C=O) groups is 2. The number of Topliss-reactive ketones (excluding diaryl/α,β-unsaturated/α-hetero) is 1. The van der Waals surface area contributed by atoms with Gasteiger partial charge in [0.05, 0.1) is 19.1 Å². The molecule has 4 rings (SSSR count). The predicted molar refractivity (Wildman–Crippen MR) is 106 cm³/mol. The van der Waals surface area contributed by atoms with Crippen LogP contribution in [0.2, 0.25) is 0 Å². The fourth-order valence-electron chi connectivity index (χ4n) is 3.88. The number of benzene rings is 2. The minimum absolute atomic E-state index is 0.0947. The van der Waals surface area contributed by atoms with Crippen LogP contribution >= 0.6 is 0 Å². The van der Waals surface area contributed by atoms with Crippen LogP contribution in [0.1, 0.15) is 27.9 Å². The van der Waals surface area contributed by atoms with Crippen molar-refractivity contribution in [3.05, 3.63) is 71.3 Å². The largest absolute Gasteiger partial charge is 0.483 e. The van der Waals surface area contributed by atoms with Gasteiger partial charge >= 0.3 is 5.97 Å². The number of ketones is 1. The lowest BCUT2D eigenvalue weighted by Gasteiger charge is -2.51. The number of hydrogen-bond acceptors (Lipinski definition) is 5. The Morgan fingerprint density at radius 2 is 2.00 bits per heavy atom. The van der Waals surface area contributed by atoms with Crippen LogP contribution in [-0.2, 0) is 16.0 Å². The highest BCUT2D eigenvalue weighted by atomic mass is 16.5. The van der Waals surface area contributed by atoms with E-state index in [1.807, 2.05) is 18.2 Å². The molecule has 0 unspecified atom stereocenters. The molecule has 2 heterocycles. The van der Waals surface area contributed by atoms with Crippen molar-refractivity contribution < 1.29 is 19.1 Å². The summed E-state index contributed by atoms with van der Waals surface area (Å²) in [6.45, 7) is 2.51. The SMILES string of the molecule is COC(=O)C=Cc1ccc2c(c1)C(=O)CC1(CN(CCc3ccccc3)C1)O2. The zero-order valence-electron chi connectivity index (χ0n) is 15.9. The van der Waals surface area contributed by atoms with E-state index in [9.17, 15) is 9.59 Å². The van der Waals surface area contributed by atoms with Gasteiger partial charge < -0.3 is 9.47 Å². The molecule has 0 atom stereocenters. The van der Waals surface area contributed by atoms with Gasteiger partial charge in [0, 0.05) is 25.7 Å². The Labute approximate surface area is 164 Å². The number of likely N-dealkylation sites (tertiary alicyclic amines) is 1. The molecule has 2 aliphatic heterocycles. The van der Waals surface area contributed by atoms with E-state index in [2.05, 4.69) is 33.9 Å². The summed E-state index contributed by atoms with van der Waals surface area (Å²) in [7, 11) is 1.33. The third-order valence-electron chi connectivity index (χ3n) is 5.31. The number of esters is 1. The Kier molecular flexibility index (Phi) is 5.01. The van der Waals surface area contributed by atoms with E-state index in [-0.39, 0.29) is 5.78 Å². The van der Waals surface area contributed by atoms with Gasteiger partial charge in [0.15, 0.2) is 5.78 Å². The van der Waals surface area contributed by atoms with Gasteiger partial charge in [-0.1, -0.05) is 36.4 Å². The molecule has 1 spiro atoms. The quantitative estimate of drug-likeness (QED) is 0.592. The molecule has 5 nitrogen and oxygen atoms in total. The Morgan fingerprint density at radius 1 is 1.21 bits per heavy atom. The van der Waals surface area contributed by atoms with E-state index in [0.29, 0.717) is 17.7 Å². The van der Waals surface area contributed by atoms with Crippen LogP contribution < -0.4 is 4.74 Å². The normalized spacial score (nSPS) is 17.8. The standard InChI is InChI=1S/C23H23NO4/c1-27-22(26)10-8-18-7-9-21-19(13-18)20(25)14-23(28-21)15-24(16-23)12-11-17-5-3-2-4-6-17/h2-10,13H,11-12,14-16H2,1H3. The molecule has 2 aromatic rings. The number of rotatable bonds is 5. The highest BCUT2D eigenvalue weighted by molar-refractivity contribution is 6.01. The van der Waals surface area contributed by atoms with Crippen LogP contribution in [0.3, 0.4) is 0 Å². The average Bonchev–Trinajstić information content (AvgIpc) is 2.69. The highest BCUT2D eigenvalue weighted by Crippen LogP contribution is 2.39. The molecule has 2 aromatic carbocycles. The van der Waals surface area contributed by atoms with Gasteiger partial charge in [-0.2, -0.15) is 0 Å². The third kappa shape index (κ3) is 3.85. The molecule has 5 heteroatoms. The molecule has 0 saturated carbocycles. The number of ether oxygens (including phenoxy) is 2. The van der Waals surface area contributed by atoms with Crippen LogP contribution in [0.25, 0.3) is 6.08 Å². The van der Waals surface area contributed by atoms with E-state index in [4.69, 9.17) is 4.74 Å². The van der Waals surface area contributed by atoms with Crippen molar-refractivity contribution in [3.63, 3.8) is 0 Å². The number of hydrogen-bond donors (Lipinski definition) is 0. The minimum Gasteiger partial charge on any atom is -0.483 e. The van der Waals surface area contributed by atoms with Crippen molar-refractivity contribution in [3.8, 4) is 5.75 Å². The molecule has 0 aliphatic carbocycles. The first-order chi connectivity index (χ1) is 13.6. The van der Waals surface area contributed by atoms with E-state index in [1.54, 1.807) is 12.1 Å². The average molecular weight is 377 g/mol. The zero-order chi connectivity index (χ0) is 19.6. The Morgan fingerprint density at radius 3 is 2.75 bits per heavy atom. The van der Waals surface area contributed by atoms with Crippen molar-refractivity contribution in [2.45, 2.75) is 18.4 Å². The Hall–Kier alpha value is -2.92. The van der Waals surface area contributed by atoms with Gasteiger partial charge in [0.25, 0.3) is 0 Å². The van der Waals surface area contributed by atoms with Crippen LogP contribution in [0, 0.1) is 0 Å². The molecule has 0 radical (unpaired) electrons. The summed E-state index contributed by atoms with van der Waals surface area (Å²) in [4.78, 5) is 26.3. The lowest BCUT2D eigenvalue weighted by atomic mass is 9.83. The summed E-state index contributed by atoms with van der Waals surface area (Å²) in [6.07, 6.45) is 4.37. The molecule has 144 valence electrons. The maximum absolute atomic E-state index is 12.7. The topological polar surface area (TPSA) is 55.8 Å². The monoisotopic (exact) mass is 377 g/mol. The Bertz CT molecular complexity index is 913. The van der Waals surface area contributed by atoms with Crippen molar-refractivity contribution in [2.24, 2.45) is 0 Å².